The average molecular weight is 467 g/mol. The van der Waals surface area contributed by atoms with Crippen LogP contribution in [-0.2, 0) is 12.8 Å². The predicted octanol–water partition coefficient (Wildman–Crippen LogP) is 10.8. The van der Waals surface area contributed by atoms with E-state index in [2.05, 4.69) is 86.6 Å². The summed E-state index contributed by atoms with van der Waals surface area (Å²) in [6.07, 6.45) is 15.7. The molecule has 0 saturated carbocycles. The van der Waals surface area contributed by atoms with E-state index in [0.29, 0.717) is 0 Å². The third-order valence-corrected chi connectivity index (χ3v) is 7.18. The van der Waals surface area contributed by atoms with Crippen LogP contribution in [0.25, 0.3) is 33.4 Å². The minimum atomic E-state index is 0.949. The van der Waals surface area contributed by atoms with Gasteiger partial charge in [-0.15, -0.1) is 0 Å². The van der Waals surface area contributed by atoms with Crippen LogP contribution in [0.2, 0.25) is 0 Å². The van der Waals surface area contributed by atoms with Crippen LogP contribution in [0.5, 0.6) is 0 Å². The fraction of sp³-hybridized carbons (Fsp3) is 0.412. The lowest BCUT2D eigenvalue weighted by Crippen LogP contribution is -1.86. The summed E-state index contributed by atoms with van der Waals surface area (Å²) in [6.45, 7) is 4.54. The van der Waals surface area contributed by atoms with Gasteiger partial charge in [0.2, 0.25) is 0 Å². The smallest absolute Gasteiger partial charge is 0.135 e. The molecule has 0 atom stereocenters. The van der Waals surface area contributed by atoms with E-state index in [1.54, 1.807) is 0 Å². The van der Waals surface area contributed by atoms with Crippen molar-refractivity contribution in [1.29, 1.82) is 0 Å². The Labute approximate surface area is 212 Å². The summed E-state index contributed by atoms with van der Waals surface area (Å²) in [4.78, 5) is 0. The van der Waals surface area contributed by atoms with Gasteiger partial charge in [-0.25, -0.2) is 0 Å². The van der Waals surface area contributed by atoms with Gasteiger partial charge in [0.25, 0.3) is 0 Å². The zero-order valence-corrected chi connectivity index (χ0v) is 21.8. The second kappa shape index (κ2) is 13.3. The standard InChI is InChI=1S/C34H42O/c1-3-5-7-9-11-13-27-15-19-29(20-16-27)31-23-24-33-32(25-31)26-34(35-33)30-21-17-28(18-22-30)14-12-10-8-6-4-2/h15-26H,3-14H2,1-2H3. The van der Waals surface area contributed by atoms with E-state index in [0.717, 1.165) is 22.3 Å². The van der Waals surface area contributed by atoms with E-state index in [1.807, 2.05) is 0 Å². The Morgan fingerprint density at radius 1 is 0.486 bits per heavy atom. The van der Waals surface area contributed by atoms with Crippen molar-refractivity contribution in [3.05, 3.63) is 83.9 Å². The van der Waals surface area contributed by atoms with Gasteiger partial charge in [-0.2, -0.15) is 0 Å². The molecule has 0 spiro atoms. The maximum atomic E-state index is 6.20. The highest BCUT2D eigenvalue weighted by atomic mass is 16.3. The maximum Gasteiger partial charge on any atom is 0.135 e. The van der Waals surface area contributed by atoms with Gasteiger partial charge in [0.15, 0.2) is 0 Å². The molecule has 0 radical (unpaired) electrons. The number of rotatable bonds is 14. The third kappa shape index (κ3) is 7.34. The zero-order chi connectivity index (χ0) is 24.3. The molecule has 0 unspecified atom stereocenters. The molecule has 0 fully saturated rings. The van der Waals surface area contributed by atoms with Gasteiger partial charge in [0.05, 0.1) is 0 Å². The van der Waals surface area contributed by atoms with Crippen molar-refractivity contribution in [3.8, 4) is 22.5 Å². The third-order valence-electron chi connectivity index (χ3n) is 7.18. The minimum Gasteiger partial charge on any atom is -0.456 e. The Bertz CT molecular complexity index is 1090. The molecule has 0 aliphatic heterocycles. The van der Waals surface area contributed by atoms with Crippen LogP contribution in [-0.4, -0.2) is 0 Å². The molecular weight excluding hydrogens is 424 g/mol. The molecule has 0 saturated heterocycles. The average Bonchev–Trinajstić information content (AvgIpc) is 3.33. The molecule has 0 amide bonds. The molecule has 1 aromatic heterocycles. The molecule has 1 heterocycles. The first-order chi connectivity index (χ1) is 17.3. The molecule has 0 aliphatic rings. The van der Waals surface area contributed by atoms with Crippen LogP contribution in [0.3, 0.4) is 0 Å². The lowest BCUT2D eigenvalue weighted by Gasteiger charge is -2.05. The SMILES string of the molecule is CCCCCCCc1ccc(-c2ccc3oc(-c4ccc(CCCCCCC)cc4)cc3c2)cc1. The van der Waals surface area contributed by atoms with Crippen molar-refractivity contribution < 1.29 is 4.42 Å². The Balaban J connectivity index is 1.37. The van der Waals surface area contributed by atoms with Crippen LogP contribution < -0.4 is 0 Å². The Morgan fingerprint density at radius 3 is 1.57 bits per heavy atom. The van der Waals surface area contributed by atoms with Gasteiger partial charge in [-0.3, -0.25) is 0 Å². The van der Waals surface area contributed by atoms with Crippen molar-refractivity contribution in [1.82, 2.24) is 0 Å². The van der Waals surface area contributed by atoms with E-state index in [1.165, 1.54) is 99.3 Å². The van der Waals surface area contributed by atoms with Gasteiger partial charge >= 0.3 is 0 Å². The summed E-state index contributed by atoms with van der Waals surface area (Å²) >= 11 is 0. The van der Waals surface area contributed by atoms with Crippen molar-refractivity contribution >= 4 is 11.0 Å². The van der Waals surface area contributed by atoms with Gasteiger partial charge in [0.1, 0.15) is 11.3 Å². The van der Waals surface area contributed by atoms with Gasteiger partial charge in [-0.1, -0.05) is 120 Å². The summed E-state index contributed by atoms with van der Waals surface area (Å²) in [6, 6.07) is 26.8. The van der Waals surface area contributed by atoms with E-state index >= 15 is 0 Å². The molecule has 0 bridgehead atoms. The second-order valence-electron chi connectivity index (χ2n) is 10.1. The quantitative estimate of drug-likeness (QED) is 0.168. The summed E-state index contributed by atoms with van der Waals surface area (Å²) in [5.41, 5.74) is 7.49. The number of fused-ring (bicyclic) bond motifs is 1. The summed E-state index contributed by atoms with van der Waals surface area (Å²) in [7, 11) is 0. The second-order valence-corrected chi connectivity index (χ2v) is 10.1. The molecule has 3 aromatic carbocycles. The van der Waals surface area contributed by atoms with Gasteiger partial charge in [0, 0.05) is 10.9 Å². The fourth-order valence-electron chi connectivity index (χ4n) is 4.93. The van der Waals surface area contributed by atoms with E-state index < -0.39 is 0 Å². The summed E-state index contributed by atoms with van der Waals surface area (Å²) in [5, 5.41) is 1.16. The summed E-state index contributed by atoms with van der Waals surface area (Å²) in [5.74, 6) is 0.949. The first-order valence-corrected chi connectivity index (χ1v) is 14.0. The topological polar surface area (TPSA) is 13.1 Å². The molecular formula is C34H42O. The van der Waals surface area contributed by atoms with Gasteiger partial charge < -0.3 is 4.42 Å². The van der Waals surface area contributed by atoms with Crippen LogP contribution in [0.1, 0.15) is 89.2 Å². The summed E-state index contributed by atoms with van der Waals surface area (Å²) < 4.78 is 6.20. The van der Waals surface area contributed by atoms with Crippen molar-refractivity contribution in [3.63, 3.8) is 0 Å². The molecule has 0 N–H and O–H groups in total. The number of furan rings is 1. The molecule has 1 heteroatoms. The normalized spacial score (nSPS) is 11.4. The number of hydrogen-bond donors (Lipinski definition) is 0. The lowest BCUT2D eigenvalue weighted by atomic mass is 10.00. The number of hydrogen-bond acceptors (Lipinski definition) is 1. The van der Waals surface area contributed by atoms with E-state index in [4.69, 9.17) is 4.42 Å². The number of aryl methyl sites for hydroxylation is 2. The molecule has 4 rings (SSSR count). The van der Waals surface area contributed by atoms with Crippen molar-refractivity contribution in [2.45, 2.75) is 90.9 Å². The van der Waals surface area contributed by atoms with Crippen LogP contribution >= 0.6 is 0 Å². The highest BCUT2D eigenvalue weighted by Crippen LogP contribution is 2.31. The number of benzene rings is 3. The Hall–Kier alpha value is -2.80. The number of unbranched alkanes of at least 4 members (excludes halogenated alkanes) is 8. The first kappa shape index (κ1) is 25.3. The minimum absolute atomic E-state index is 0.949. The van der Waals surface area contributed by atoms with E-state index in [9.17, 15) is 0 Å². The highest BCUT2D eigenvalue weighted by Gasteiger charge is 2.08. The van der Waals surface area contributed by atoms with Crippen LogP contribution in [0.15, 0.2) is 77.2 Å². The molecule has 4 aromatic rings. The van der Waals surface area contributed by atoms with Crippen LogP contribution in [0, 0.1) is 0 Å². The van der Waals surface area contributed by atoms with Gasteiger partial charge in [-0.05, 0) is 66.1 Å². The fourth-order valence-corrected chi connectivity index (χ4v) is 4.93. The zero-order valence-electron chi connectivity index (χ0n) is 21.8. The monoisotopic (exact) mass is 466 g/mol. The van der Waals surface area contributed by atoms with E-state index in [-0.39, 0.29) is 0 Å². The largest absolute Gasteiger partial charge is 0.456 e. The molecule has 1 nitrogen and oxygen atoms in total. The van der Waals surface area contributed by atoms with Crippen molar-refractivity contribution in [2.75, 3.05) is 0 Å². The maximum absolute atomic E-state index is 6.20. The molecule has 184 valence electrons. The lowest BCUT2D eigenvalue weighted by molar-refractivity contribution is 0.630. The molecule has 0 aliphatic carbocycles. The first-order valence-electron chi connectivity index (χ1n) is 14.0. The van der Waals surface area contributed by atoms with Crippen LogP contribution in [0.4, 0.5) is 0 Å². The predicted molar refractivity (Wildman–Crippen MR) is 152 cm³/mol. The Kier molecular flexibility index (Phi) is 9.64. The highest BCUT2D eigenvalue weighted by molar-refractivity contribution is 5.87. The molecule has 35 heavy (non-hydrogen) atoms. The van der Waals surface area contributed by atoms with Crippen molar-refractivity contribution in [2.24, 2.45) is 0 Å². The Morgan fingerprint density at radius 2 is 1.00 bits per heavy atom.